The fourth-order valence-corrected chi connectivity index (χ4v) is 4.88. The molecule has 2 saturated heterocycles. The van der Waals surface area contributed by atoms with Gasteiger partial charge in [0.1, 0.15) is 0 Å². The van der Waals surface area contributed by atoms with Crippen molar-refractivity contribution < 1.29 is 8.42 Å². The number of nitrogens with zero attached hydrogens (tertiary/aromatic N) is 2. The molecule has 0 aromatic rings. The van der Waals surface area contributed by atoms with Gasteiger partial charge in [0.2, 0.25) is 0 Å². The smallest absolute Gasteiger partial charge is 0.151 e. The van der Waals surface area contributed by atoms with Gasteiger partial charge in [-0.25, -0.2) is 8.42 Å². The molecule has 2 rings (SSSR count). The zero-order valence-corrected chi connectivity index (χ0v) is 12.7. The zero-order valence-electron chi connectivity index (χ0n) is 11.9. The third-order valence-electron chi connectivity index (χ3n) is 4.32. The first-order chi connectivity index (χ1) is 9.00. The number of sulfone groups is 1. The Balaban J connectivity index is 1.83. The molecule has 0 aromatic carbocycles. The second-order valence-electron chi connectivity index (χ2n) is 6.09. The van der Waals surface area contributed by atoms with E-state index in [4.69, 9.17) is 5.73 Å². The summed E-state index contributed by atoms with van der Waals surface area (Å²) in [6.07, 6.45) is 1.95. The van der Waals surface area contributed by atoms with Crippen molar-refractivity contribution in [3.05, 3.63) is 0 Å². The summed E-state index contributed by atoms with van der Waals surface area (Å²) in [5.74, 6) is 1.28. The van der Waals surface area contributed by atoms with E-state index in [1.807, 2.05) is 0 Å². The highest BCUT2D eigenvalue weighted by atomic mass is 32.2. The Labute approximate surface area is 117 Å². The molecular weight excluding hydrogens is 262 g/mol. The summed E-state index contributed by atoms with van der Waals surface area (Å²) in [4.78, 5) is 4.86. The molecule has 2 aliphatic rings. The van der Waals surface area contributed by atoms with Gasteiger partial charge in [-0.2, -0.15) is 0 Å². The summed E-state index contributed by atoms with van der Waals surface area (Å²) in [5, 5.41) is 0. The standard InChI is InChI=1S/C13H27N3O2S/c1-12(9-14)10-15-4-2-5-16(7-6-15)13-3-8-19(17,18)11-13/h12-13H,2-11,14H2,1H3. The van der Waals surface area contributed by atoms with Crippen molar-refractivity contribution in [2.45, 2.75) is 25.8 Å². The fraction of sp³-hybridized carbons (Fsp3) is 1.00. The maximum absolute atomic E-state index is 11.6. The lowest BCUT2D eigenvalue weighted by molar-refractivity contribution is 0.205. The third-order valence-corrected chi connectivity index (χ3v) is 6.07. The molecule has 0 aliphatic carbocycles. The summed E-state index contributed by atoms with van der Waals surface area (Å²) >= 11 is 0. The van der Waals surface area contributed by atoms with E-state index in [1.165, 1.54) is 0 Å². The highest BCUT2D eigenvalue weighted by molar-refractivity contribution is 7.91. The van der Waals surface area contributed by atoms with Gasteiger partial charge in [-0.3, -0.25) is 4.90 Å². The molecule has 0 spiro atoms. The Morgan fingerprint density at radius 3 is 2.68 bits per heavy atom. The van der Waals surface area contributed by atoms with Crippen LogP contribution in [0.3, 0.4) is 0 Å². The average molecular weight is 289 g/mol. The zero-order chi connectivity index (χ0) is 13.9. The summed E-state index contributed by atoms with van der Waals surface area (Å²) in [6.45, 7) is 8.17. The maximum atomic E-state index is 11.6. The van der Waals surface area contributed by atoms with Crippen molar-refractivity contribution in [1.29, 1.82) is 0 Å². The van der Waals surface area contributed by atoms with E-state index in [-0.39, 0.29) is 6.04 Å². The minimum atomic E-state index is -2.76. The van der Waals surface area contributed by atoms with E-state index in [9.17, 15) is 8.42 Å². The van der Waals surface area contributed by atoms with E-state index in [0.29, 0.717) is 17.4 Å². The van der Waals surface area contributed by atoms with Crippen LogP contribution in [0.4, 0.5) is 0 Å². The number of nitrogens with two attached hydrogens (primary N) is 1. The molecule has 0 radical (unpaired) electrons. The molecule has 2 fully saturated rings. The van der Waals surface area contributed by atoms with E-state index in [0.717, 1.165) is 52.1 Å². The molecule has 2 heterocycles. The number of hydrogen-bond acceptors (Lipinski definition) is 5. The van der Waals surface area contributed by atoms with Crippen LogP contribution in [0.5, 0.6) is 0 Å². The first-order valence-corrected chi connectivity index (χ1v) is 9.19. The molecular formula is C13H27N3O2S. The van der Waals surface area contributed by atoms with Crippen molar-refractivity contribution in [2.75, 3.05) is 50.8 Å². The van der Waals surface area contributed by atoms with Gasteiger partial charge in [0.05, 0.1) is 11.5 Å². The number of hydrogen-bond donors (Lipinski definition) is 1. The van der Waals surface area contributed by atoms with Crippen molar-refractivity contribution in [2.24, 2.45) is 11.7 Å². The predicted molar refractivity (Wildman–Crippen MR) is 77.9 cm³/mol. The molecule has 19 heavy (non-hydrogen) atoms. The lowest BCUT2D eigenvalue weighted by atomic mass is 10.1. The van der Waals surface area contributed by atoms with Crippen LogP contribution in [0, 0.1) is 5.92 Å². The Morgan fingerprint density at radius 2 is 2.05 bits per heavy atom. The van der Waals surface area contributed by atoms with Crippen LogP contribution >= 0.6 is 0 Å². The molecule has 0 amide bonds. The van der Waals surface area contributed by atoms with Crippen molar-refractivity contribution in [1.82, 2.24) is 9.80 Å². The van der Waals surface area contributed by atoms with E-state index >= 15 is 0 Å². The highest BCUT2D eigenvalue weighted by Gasteiger charge is 2.32. The van der Waals surface area contributed by atoms with Gasteiger partial charge >= 0.3 is 0 Å². The summed E-state index contributed by atoms with van der Waals surface area (Å²) < 4.78 is 23.1. The lowest BCUT2D eigenvalue weighted by Gasteiger charge is -2.27. The Kier molecular flexibility index (Phi) is 5.22. The van der Waals surface area contributed by atoms with E-state index < -0.39 is 9.84 Å². The second-order valence-corrected chi connectivity index (χ2v) is 8.32. The maximum Gasteiger partial charge on any atom is 0.151 e. The molecule has 112 valence electrons. The third kappa shape index (κ3) is 4.41. The second kappa shape index (κ2) is 6.52. The molecule has 6 heteroatoms. The monoisotopic (exact) mass is 289 g/mol. The molecule has 2 unspecified atom stereocenters. The Hall–Kier alpha value is -0.170. The van der Waals surface area contributed by atoms with Crippen LogP contribution in [-0.4, -0.2) is 75.0 Å². The van der Waals surface area contributed by atoms with Crippen LogP contribution in [0.25, 0.3) is 0 Å². The quantitative estimate of drug-likeness (QED) is 0.775. The number of rotatable bonds is 4. The van der Waals surface area contributed by atoms with E-state index in [1.54, 1.807) is 0 Å². The Morgan fingerprint density at radius 1 is 1.26 bits per heavy atom. The highest BCUT2D eigenvalue weighted by Crippen LogP contribution is 2.19. The largest absolute Gasteiger partial charge is 0.330 e. The topological polar surface area (TPSA) is 66.6 Å². The van der Waals surface area contributed by atoms with Crippen molar-refractivity contribution >= 4 is 9.84 Å². The molecule has 2 aliphatic heterocycles. The van der Waals surface area contributed by atoms with Gasteiger partial charge in [-0.1, -0.05) is 6.92 Å². The van der Waals surface area contributed by atoms with Crippen molar-refractivity contribution in [3.63, 3.8) is 0 Å². The minimum absolute atomic E-state index is 0.261. The van der Waals surface area contributed by atoms with Crippen LogP contribution in [-0.2, 0) is 9.84 Å². The van der Waals surface area contributed by atoms with Crippen LogP contribution in [0.2, 0.25) is 0 Å². The van der Waals surface area contributed by atoms with Gasteiger partial charge in [0.15, 0.2) is 9.84 Å². The average Bonchev–Trinajstić information content (AvgIpc) is 2.59. The van der Waals surface area contributed by atoms with Gasteiger partial charge < -0.3 is 10.6 Å². The normalized spacial score (nSPS) is 31.2. The first-order valence-electron chi connectivity index (χ1n) is 7.37. The first kappa shape index (κ1) is 15.2. The van der Waals surface area contributed by atoms with Crippen LogP contribution in [0.1, 0.15) is 19.8 Å². The molecule has 0 aromatic heterocycles. The fourth-order valence-electron chi connectivity index (χ4n) is 3.12. The molecule has 2 N–H and O–H groups in total. The molecule has 0 saturated carbocycles. The summed E-state index contributed by atoms with van der Waals surface area (Å²) in [5.41, 5.74) is 5.68. The van der Waals surface area contributed by atoms with Gasteiger partial charge in [-0.05, 0) is 38.4 Å². The van der Waals surface area contributed by atoms with Gasteiger partial charge in [0, 0.05) is 25.7 Å². The van der Waals surface area contributed by atoms with E-state index in [2.05, 4.69) is 16.7 Å². The van der Waals surface area contributed by atoms with Crippen LogP contribution < -0.4 is 5.73 Å². The van der Waals surface area contributed by atoms with Gasteiger partial charge in [0.25, 0.3) is 0 Å². The summed E-state index contributed by atoms with van der Waals surface area (Å²) in [6, 6.07) is 0.261. The summed E-state index contributed by atoms with van der Waals surface area (Å²) in [7, 11) is -2.76. The predicted octanol–water partition coefficient (Wildman–Crippen LogP) is -0.224. The molecule has 5 nitrogen and oxygen atoms in total. The Bertz CT molecular complexity index is 385. The lowest BCUT2D eigenvalue weighted by Crippen LogP contribution is -2.40. The SMILES string of the molecule is CC(CN)CN1CCCN(C2CCS(=O)(=O)C2)CC1. The van der Waals surface area contributed by atoms with Crippen molar-refractivity contribution in [3.8, 4) is 0 Å². The van der Waals surface area contributed by atoms with Crippen LogP contribution in [0.15, 0.2) is 0 Å². The molecule has 2 atom stereocenters. The molecule has 0 bridgehead atoms. The minimum Gasteiger partial charge on any atom is -0.330 e. The van der Waals surface area contributed by atoms with Gasteiger partial charge in [-0.15, -0.1) is 0 Å².